The number of benzene rings is 2. The summed E-state index contributed by atoms with van der Waals surface area (Å²) < 4.78 is 7.65. The number of piperazine rings is 1. The molecule has 1 aliphatic carbocycles. The lowest BCUT2D eigenvalue weighted by molar-refractivity contribution is 0.192. The van der Waals surface area contributed by atoms with Gasteiger partial charge < -0.3 is 14.6 Å². The molecule has 0 spiro atoms. The number of pyridine rings is 1. The number of aryl methyl sites for hydroxylation is 2. The number of fused-ring (bicyclic) bond motifs is 1. The third-order valence-corrected chi connectivity index (χ3v) is 8.42. The van der Waals surface area contributed by atoms with Gasteiger partial charge in [0.15, 0.2) is 5.82 Å². The third kappa shape index (κ3) is 4.91. The van der Waals surface area contributed by atoms with E-state index < -0.39 is 0 Å². The lowest BCUT2D eigenvalue weighted by Crippen LogP contribution is -2.49. The molecule has 2 aliphatic rings. The molecule has 39 heavy (non-hydrogen) atoms. The van der Waals surface area contributed by atoms with E-state index in [1.165, 1.54) is 19.3 Å². The fraction of sp³-hybridized carbons (Fsp3) is 0.467. The molecule has 2 aromatic heterocycles. The Labute approximate surface area is 228 Å². The van der Waals surface area contributed by atoms with Gasteiger partial charge >= 0.3 is 0 Å². The van der Waals surface area contributed by atoms with Crippen molar-refractivity contribution in [3.05, 3.63) is 75.3 Å². The molecule has 2 aromatic carbocycles. The fourth-order valence-electron chi connectivity index (χ4n) is 6.47. The number of ether oxygens (including phenoxy) is 1. The Kier molecular flexibility index (Phi) is 7.08. The van der Waals surface area contributed by atoms with Gasteiger partial charge in [0, 0.05) is 42.6 Å². The van der Waals surface area contributed by atoms with Crippen LogP contribution in [-0.4, -0.2) is 63.4 Å². The Morgan fingerprint density at radius 1 is 1.00 bits per heavy atom. The quantitative estimate of drug-likeness (QED) is 0.393. The van der Waals surface area contributed by atoms with Gasteiger partial charge in [0.25, 0.3) is 5.56 Å². The Bertz CT molecular complexity index is 1510. The molecule has 3 heterocycles. The predicted molar refractivity (Wildman–Crippen MR) is 153 cm³/mol. The van der Waals surface area contributed by atoms with Crippen molar-refractivity contribution in [2.24, 2.45) is 0 Å². The van der Waals surface area contributed by atoms with E-state index in [0.29, 0.717) is 5.56 Å². The second-order valence-corrected chi connectivity index (χ2v) is 11.0. The minimum atomic E-state index is -0.337. The van der Waals surface area contributed by atoms with Gasteiger partial charge in [-0.15, -0.1) is 5.10 Å². The number of methoxy groups -OCH3 is 1. The molecule has 9 nitrogen and oxygen atoms in total. The minimum Gasteiger partial charge on any atom is -0.495 e. The summed E-state index contributed by atoms with van der Waals surface area (Å²) in [4.78, 5) is 21.6. The maximum Gasteiger partial charge on any atom is 0.253 e. The third-order valence-electron chi connectivity index (χ3n) is 8.42. The standard InChI is InChI=1S/C30H37N7O2/c1-20-17-21(2)23-19-24(30(38)31-25(23)18-20)28(29-32-33-34-37(29)22-9-5-4-6-10-22)36-15-13-35(14-16-36)26-11-7-8-12-27(26)39-3/h7-8,11-12,17-19,22,28H,4-6,9-10,13-16H2,1-3H3,(H,31,38)/t28-/m0/s1. The first-order chi connectivity index (χ1) is 19.0. The summed E-state index contributed by atoms with van der Waals surface area (Å²) in [6, 6.07) is 14.4. The first-order valence-corrected chi connectivity index (χ1v) is 14.1. The monoisotopic (exact) mass is 527 g/mol. The van der Waals surface area contributed by atoms with Crippen LogP contribution in [0.1, 0.15) is 66.7 Å². The van der Waals surface area contributed by atoms with Gasteiger partial charge in [0.05, 0.1) is 18.8 Å². The summed E-state index contributed by atoms with van der Waals surface area (Å²) >= 11 is 0. The van der Waals surface area contributed by atoms with E-state index in [1.807, 2.05) is 28.9 Å². The van der Waals surface area contributed by atoms with Crippen molar-refractivity contribution in [3.63, 3.8) is 0 Å². The number of nitrogens with one attached hydrogen (secondary N) is 1. The first-order valence-electron chi connectivity index (χ1n) is 14.1. The van der Waals surface area contributed by atoms with Crippen LogP contribution >= 0.6 is 0 Å². The van der Waals surface area contributed by atoms with Crippen molar-refractivity contribution in [1.82, 2.24) is 30.1 Å². The van der Waals surface area contributed by atoms with E-state index in [9.17, 15) is 4.79 Å². The van der Waals surface area contributed by atoms with Gasteiger partial charge in [-0.05, 0) is 72.5 Å². The maximum absolute atomic E-state index is 13.7. The van der Waals surface area contributed by atoms with Gasteiger partial charge in [0.1, 0.15) is 11.8 Å². The smallest absolute Gasteiger partial charge is 0.253 e. The molecule has 2 fully saturated rings. The zero-order valence-corrected chi connectivity index (χ0v) is 23.1. The highest BCUT2D eigenvalue weighted by Crippen LogP contribution is 2.35. The lowest BCUT2D eigenvalue weighted by Gasteiger charge is -2.40. The summed E-state index contributed by atoms with van der Waals surface area (Å²) in [6.07, 6.45) is 5.76. The molecule has 1 N–H and O–H groups in total. The highest BCUT2D eigenvalue weighted by Gasteiger charge is 2.35. The summed E-state index contributed by atoms with van der Waals surface area (Å²) in [5.41, 5.74) is 4.86. The second-order valence-electron chi connectivity index (χ2n) is 11.0. The average molecular weight is 528 g/mol. The van der Waals surface area contributed by atoms with Crippen LogP contribution in [0.25, 0.3) is 10.9 Å². The van der Waals surface area contributed by atoms with Crippen LogP contribution in [-0.2, 0) is 0 Å². The molecule has 6 rings (SSSR count). The molecule has 0 bridgehead atoms. The molecule has 204 valence electrons. The molecule has 0 radical (unpaired) electrons. The fourth-order valence-corrected chi connectivity index (χ4v) is 6.47. The molecule has 0 amide bonds. The van der Waals surface area contributed by atoms with Crippen LogP contribution in [0.4, 0.5) is 5.69 Å². The van der Waals surface area contributed by atoms with Crippen LogP contribution in [0, 0.1) is 13.8 Å². The van der Waals surface area contributed by atoms with Crippen LogP contribution in [0.2, 0.25) is 0 Å². The zero-order valence-electron chi connectivity index (χ0n) is 23.1. The second kappa shape index (κ2) is 10.8. The number of para-hydroxylation sites is 2. The molecule has 1 saturated heterocycles. The Hall–Kier alpha value is -3.72. The molecular weight excluding hydrogens is 490 g/mol. The number of anilines is 1. The molecule has 1 aliphatic heterocycles. The summed E-state index contributed by atoms with van der Waals surface area (Å²) in [6.45, 7) is 7.32. The van der Waals surface area contributed by atoms with Gasteiger partial charge in [-0.25, -0.2) is 4.68 Å². The molecule has 4 aromatic rings. The van der Waals surface area contributed by atoms with E-state index >= 15 is 0 Å². The number of H-pyrrole nitrogens is 1. The summed E-state index contributed by atoms with van der Waals surface area (Å²) in [7, 11) is 1.71. The van der Waals surface area contributed by atoms with Crippen LogP contribution in [0.15, 0.2) is 47.3 Å². The largest absolute Gasteiger partial charge is 0.495 e. The molecule has 1 atom stereocenters. The SMILES string of the molecule is COc1ccccc1N1CCN([C@@H](c2cc3c(C)cc(C)cc3[nH]c2=O)c2nnnn2C2CCCCC2)CC1. The van der Waals surface area contributed by atoms with E-state index in [2.05, 4.69) is 62.4 Å². The minimum absolute atomic E-state index is 0.0807. The van der Waals surface area contributed by atoms with Gasteiger partial charge in [-0.3, -0.25) is 9.69 Å². The topological polar surface area (TPSA) is 92.2 Å². The number of hydrogen-bond donors (Lipinski definition) is 1. The van der Waals surface area contributed by atoms with E-state index in [-0.39, 0.29) is 17.6 Å². The number of tetrazole rings is 1. The molecule has 1 saturated carbocycles. The number of nitrogens with zero attached hydrogens (tertiary/aromatic N) is 6. The number of aromatic amines is 1. The Balaban J connectivity index is 1.40. The van der Waals surface area contributed by atoms with E-state index in [1.54, 1.807) is 7.11 Å². The molecule has 0 unspecified atom stereocenters. The zero-order chi connectivity index (χ0) is 26.9. The van der Waals surface area contributed by atoms with Crippen molar-refractivity contribution in [2.45, 2.75) is 58.0 Å². The van der Waals surface area contributed by atoms with Gasteiger partial charge in [-0.2, -0.15) is 0 Å². The molecular formula is C30H37N7O2. The first kappa shape index (κ1) is 25.6. The van der Waals surface area contributed by atoms with Crippen LogP contribution < -0.4 is 15.2 Å². The molecule has 9 heteroatoms. The van der Waals surface area contributed by atoms with E-state index in [0.717, 1.165) is 78.3 Å². The van der Waals surface area contributed by atoms with E-state index in [4.69, 9.17) is 4.74 Å². The van der Waals surface area contributed by atoms with Gasteiger partial charge in [-0.1, -0.05) is 37.5 Å². The normalized spacial score (nSPS) is 18.0. The highest BCUT2D eigenvalue weighted by molar-refractivity contribution is 5.83. The number of rotatable bonds is 6. The van der Waals surface area contributed by atoms with Crippen molar-refractivity contribution in [3.8, 4) is 5.75 Å². The summed E-state index contributed by atoms with van der Waals surface area (Å²) in [5, 5.41) is 14.3. The maximum atomic E-state index is 13.7. The average Bonchev–Trinajstić information content (AvgIpc) is 3.44. The van der Waals surface area contributed by atoms with Crippen molar-refractivity contribution in [1.29, 1.82) is 0 Å². The van der Waals surface area contributed by atoms with Crippen molar-refractivity contribution >= 4 is 16.6 Å². The predicted octanol–water partition coefficient (Wildman–Crippen LogP) is 4.56. The summed E-state index contributed by atoms with van der Waals surface area (Å²) in [5.74, 6) is 1.64. The number of aromatic nitrogens is 5. The highest BCUT2D eigenvalue weighted by atomic mass is 16.5. The lowest BCUT2D eigenvalue weighted by atomic mass is 9.94. The van der Waals surface area contributed by atoms with Gasteiger partial charge in [0.2, 0.25) is 0 Å². The van der Waals surface area contributed by atoms with Crippen LogP contribution in [0.3, 0.4) is 0 Å². The number of hydrogen-bond acceptors (Lipinski definition) is 7. The Morgan fingerprint density at radius 2 is 1.77 bits per heavy atom. The van der Waals surface area contributed by atoms with Crippen LogP contribution in [0.5, 0.6) is 5.75 Å². The van der Waals surface area contributed by atoms with Crippen molar-refractivity contribution in [2.75, 3.05) is 38.2 Å². The van der Waals surface area contributed by atoms with Crippen molar-refractivity contribution < 1.29 is 4.74 Å². The Morgan fingerprint density at radius 3 is 2.54 bits per heavy atom.